The molecule has 0 aromatic heterocycles. The number of piperazine rings is 1. The van der Waals surface area contributed by atoms with Crippen molar-refractivity contribution >= 4 is 29.5 Å². The van der Waals surface area contributed by atoms with Gasteiger partial charge in [-0.15, -0.1) is 11.8 Å². The van der Waals surface area contributed by atoms with Crippen molar-refractivity contribution in [3.63, 3.8) is 0 Å². The number of hydrogen-bond donors (Lipinski definition) is 2. The second-order valence-electron chi connectivity index (χ2n) is 3.64. The normalized spacial score (nSPS) is 18.9. The van der Waals surface area contributed by atoms with E-state index in [9.17, 15) is 14.4 Å². The van der Waals surface area contributed by atoms with Crippen LogP contribution in [0.25, 0.3) is 0 Å². The summed E-state index contributed by atoms with van der Waals surface area (Å²) in [6.07, 6.45) is -0.402. The Morgan fingerprint density at radius 3 is 2.94 bits per heavy atom. The fraction of sp³-hybridized carbons (Fsp3) is 0.600. The van der Waals surface area contributed by atoms with Crippen LogP contribution in [0.5, 0.6) is 0 Å². The molecule has 1 fully saturated rings. The highest BCUT2D eigenvalue weighted by atomic mass is 32.2. The van der Waals surface area contributed by atoms with E-state index in [1.54, 1.807) is 0 Å². The molecular formula is C10H13N3O4S. The highest BCUT2D eigenvalue weighted by Gasteiger charge is 2.34. The standard InChI is InChI=1S/C10H13N3O4S/c11-1-4-18-6-8(14)13-3-2-12-10(17)7(13)5-9(15)16/h7H,2-6H2,(H,12,17)(H,15,16). The van der Waals surface area contributed by atoms with Gasteiger partial charge in [-0.1, -0.05) is 0 Å². The van der Waals surface area contributed by atoms with Gasteiger partial charge in [0.05, 0.1) is 24.0 Å². The topological polar surface area (TPSA) is 111 Å². The number of thioether (sulfide) groups is 1. The fourth-order valence-electron chi connectivity index (χ4n) is 1.65. The van der Waals surface area contributed by atoms with Crippen molar-refractivity contribution in [2.45, 2.75) is 12.5 Å². The Bertz CT molecular complexity index is 393. The largest absolute Gasteiger partial charge is 0.481 e. The summed E-state index contributed by atoms with van der Waals surface area (Å²) in [7, 11) is 0. The predicted molar refractivity (Wildman–Crippen MR) is 63.7 cm³/mol. The lowest BCUT2D eigenvalue weighted by molar-refractivity contribution is -0.147. The van der Waals surface area contributed by atoms with Crippen molar-refractivity contribution in [3.05, 3.63) is 0 Å². The maximum absolute atomic E-state index is 11.8. The minimum Gasteiger partial charge on any atom is -0.481 e. The van der Waals surface area contributed by atoms with Crippen molar-refractivity contribution in [2.24, 2.45) is 0 Å². The number of amides is 2. The Hall–Kier alpha value is -1.75. The van der Waals surface area contributed by atoms with Gasteiger partial charge in [-0.05, 0) is 0 Å². The molecule has 2 N–H and O–H groups in total. The summed E-state index contributed by atoms with van der Waals surface area (Å²) in [6, 6.07) is 0.945. The van der Waals surface area contributed by atoms with Crippen LogP contribution in [0.3, 0.4) is 0 Å². The molecule has 0 saturated carbocycles. The van der Waals surface area contributed by atoms with Gasteiger partial charge in [0.15, 0.2) is 0 Å². The van der Waals surface area contributed by atoms with E-state index in [-0.39, 0.29) is 17.4 Å². The zero-order valence-electron chi connectivity index (χ0n) is 9.59. The van der Waals surface area contributed by atoms with E-state index in [0.717, 1.165) is 11.8 Å². The van der Waals surface area contributed by atoms with Crippen LogP contribution in [0.4, 0.5) is 0 Å². The van der Waals surface area contributed by atoms with E-state index in [1.807, 2.05) is 6.07 Å². The van der Waals surface area contributed by atoms with E-state index >= 15 is 0 Å². The number of nitriles is 1. The fourth-order valence-corrected chi connectivity index (χ4v) is 2.18. The first-order chi connectivity index (χ1) is 8.56. The molecule has 98 valence electrons. The minimum absolute atomic E-state index is 0.0803. The van der Waals surface area contributed by atoms with Gasteiger partial charge in [-0.25, -0.2) is 0 Å². The number of rotatable bonds is 5. The Labute approximate surface area is 108 Å². The van der Waals surface area contributed by atoms with Crippen LogP contribution in [0.1, 0.15) is 6.42 Å². The first-order valence-electron chi connectivity index (χ1n) is 5.30. The van der Waals surface area contributed by atoms with Crippen LogP contribution in [0.15, 0.2) is 0 Å². The molecule has 18 heavy (non-hydrogen) atoms. The van der Waals surface area contributed by atoms with Gasteiger partial charge in [0.2, 0.25) is 11.8 Å². The lowest BCUT2D eigenvalue weighted by Crippen LogP contribution is -2.58. The van der Waals surface area contributed by atoms with Gasteiger partial charge in [0.25, 0.3) is 0 Å². The molecule has 1 atom stereocenters. The van der Waals surface area contributed by atoms with Gasteiger partial charge < -0.3 is 15.3 Å². The van der Waals surface area contributed by atoms with E-state index in [1.165, 1.54) is 4.90 Å². The number of carbonyl (C=O) groups excluding carboxylic acids is 2. The Morgan fingerprint density at radius 2 is 2.33 bits per heavy atom. The molecule has 1 aliphatic heterocycles. The van der Waals surface area contributed by atoms with Crippen molar-refractivity contribution in [1.29, 1.82) is 5.26 Å². The maximum Gasteiger partial charge on any atom is 0.305 e. The first-order valence-corrected chi connectivity index (χ1v) is 6.45. The average Bonchev–Trinajstić information content (AvgIpc) is 2.31. The average molecular weight is 271 g/mol. The lowest BCUT2D eigenvalue weighted by atomic mass is 10.1. The van der Waals surface area contributed by atoms with Crippen LogP contribution < -0.4 is 5.32 Å². The van der Waals surface area contributed by atoms with Crippen molar-refractivity contribution in [2.75, 3.05) is 24.6 Å². The number of carboxylic acid groups (broad SMARTS) is 1. The Morgan fingerprint density at radius 1 is 1.61 bits per heavy atom. The number of aliphatic carboxylic acids is 1. The first kappa shape index (κ1) is 14.3. The summed E-state index contributed by atoms with van der Waals surface area (Å²) in [5, 5.41) is 19.6. The lowest BCUT2D eigenvalue weighted by Gasteiger charge is -2.34. The van der Waals surface area contributed by atoms with Crippen LogP contribution in [-0.2, 0) is 14.4 Å². The molecule has 0 bridgehead atoms. The molecule has 0 spiro atoms. The van der Waals surface area contributed by atoms with Crippen LogP contribution in [0.2, 0.25) is 0 Å². The second-order valence-corrected chi connectivity index (χ2v) is 4.63. The van der Waals surface area contributed by atoms with E-state index in [2.05, 4.69) is 5.32 Å². The van der Waals surface area contributed by atoms with E-state index in [4.69, 9.17) is 10.4 Å². The van der Waals surface area contributed by atoms with Crippen LogP contribution in [0, 0.1) is 11.3 Å². The summed E-state index contributed by atoms with van der Waals surface area (Å²) in [4.78, 5) is 35.3. The number of hydrogen-bond acceptors (Lipinski definition) is 5. The molecule has 0 aliphatic carbocycles. The second kappa shape index (κ2) is 6.86. The smallest absolute Gasteiger partial charge is 0.305 e. The third-order valence-electron chi connectivity index (χ3n) is 2.41. The van der Waals surface area contributed by atoms with E-state index < -0.39 is 24.3 Å². The zero-order valence-corrected chi connectivity index (χ0v) is 10.4. The van der Waals surface area contributed by atoms with Gasteiger partial charge in [-0.3, -0.25) is 14.4 Å². The van der Waals surface area contributed by atoms with Gasteiger partial charge in [0, 0.05) is 13.1 Å². The van der Waals surface area contributed by atoms with Gasteiger partial charge in [-0.2, -0.15) is 5.26 Å². The molecule has 1 saturated heterocycles. The zero-order chi connectivity index (χ0) is 13.5. The molecule has 1 heterocycles. The van der Waals surface area contributed by atoms with Gasteiger partial charge >= 0.3 is 5.97 Å². The molecule has 1 rings (SSSR count). The molecule has 0 radical (unpaired) electrons. The number of nitrogens with zero attached hydrogens (tertiary/aromatic N) is 2. The number of carboxylic acids is 1. The summed E-state index contributed by atoms with van der Waals surface area (Å²) >= 11 is 1.15. The molecule has 2 amide bonds. The quantitative estimate of drug-likeness (QED) is 0.623. The van der Waals surface area contributed by atoms with Gasteiger partial charge in [0.1, 0.15) is 6.04 Å². The minimum atomic E-state index is -1.13. The maximum atomic E-state index is 11.8. The number of nitrogens with one attached hydrogen (secondary N) is 1. The van der Waals surface area contributed by atoms with Crippen LogP contribution >= 0.6 is 11.8 Å². The van der Waals surface area contributed by atoms with E-state index in [0.29, 0.717) is 13.1 Å². The molecular weight excluding hydrogens is 258 g/mol. The van der Waals surface area contributed by atoms with Crippen LogP contribution in [-0.4, -0.2) is 58.4 Å². The SMILES string of the molecule is N#CCSCC(=O)N1CCNC(=O)C1CC(=O)O. The van der Waals surface area contributed by atoms with Crippen molar-refractivity contribution in [3.8, 4) is 6.07 Å². The molecule has 0 aromatic rings. The summed E-state index contributed by atoms with van der Waals surface area (Å²) in [5.74, 6) is -1.61. The molecule has 7 nitrogen and oxygen atoms in total. The highest BCUT2D eigenvalue weighted by molar-refractivity contribution is 8.00. The molecule has 8 heteroatoms. The predicted octanol–water partition coefficient (Wildman–Crippen LogP) is -0.955. The summed E-state index contributed by atoms with van der Waals surface area (Å²) < 4.78 is 0. The summed E-state index contributed by atoms with van der Waals surface area (Å²) in [5.41, 5.74) is 0. The van der Waals surface area contributed by atoms with Crippen molar-refractivity contribution in [1.82, 2.24) is 10.2 Å². The Kier molecular flexibility index (Phi) is 5.45. The molecule has 1 unspecified atom stereocenters. The summed E-state index contributed by atoms with van der Waals surface area (Å²) in [6.45, 7) is 0.624. The molecule has 1 aliphatic rings. The molecule has 0 aromatic carbocycles. The number of carbonyl (C=O) groups is 3. The monoisotopic (exact) mass is 271 g/mol. The third kappa shape index (κ3) is 3.92. The highest BCUT2D eigenvalue weighted by Crippen LogP contribution is 2.12. The Balaban J connectivity index is 2.64. The van der Waals surface area contributed by atoms with Crippen molar-refractivity contribution < 1.29 is 19.5 Å². The third-order valence-corrected chi connectivity index (χ3v) is 3.20.